The lowest BCUT2D eigenvalue weighted by Crippen LogP contribution is -2.42. The van der Waals surface area contributed by atoms with Crippen molar-refractivity contribution in [2.75, 3.05) is 13.3 Å². The quantitative estimate of drug-likeness (QED) is 0.0863. The minimum atomic E-state index is -3.83. The maximum absolute atomic E-state index is 13.3. The smallest absolute Gasteiger partial charge is 0.379 e. The van der Waals surface area contributed by atoms with E-state index in [0.29, 0.717) is 6.41 Å². The topological polar surface area (TPSA) is 135 Å². The molecule has 0 fully saturated rings. The number of ether oxygens (including phenoxy) is 1. The van der Waals surface area contributed by atoms with E-state index in [-0.39, 0.29) is 37.2 Å². The molecule has 0 N–H and O–H groups in total. The molecule has 3 rings (SSSR count). The van der Waals surface area contributed by atoms with Crippen LogP contribution in [-0.4, -0.2) is 41.7 Å². The number of hydrogen-bond acceptors (Lipinski definition) is 9. The van der Waals surface area contributed by atoms with Gasteiger partial charge < -0.3 is 13.8 Å². The summed E-state index contributed by atoms with van der Waals surface area (Å²) in [4.78, 5) is 40.9. The van der Waals surface area contributed by atoms with Crippen molar-refractivity contribution in [2.45, 2.75) is 25.7 Å². The molecule has 0 bridgehead atoms. The van der Waals surface area contributed by atoms with Crippen LogP contribution in [0.1, 0.15) is 17.5 Å². The summed E-state index contributed by atoms with van der Waals surface area (Å²) in [6.07, 6.45) is -0.115. The number of carbonyl (C=O) groups excluding carboxylic acids is 2. The van der Waals surface area contributed by atoms with E-state index in [0.717, 1.165) is 16.2 Å². The van der Waals surface area contributed by atoms with Gasteiger partial charge in [-0.3, -0.25) is 19.7 Å². The first-order valence-corrected chi connectivity index (χ1v) is 13.3. The predicted octanol–water partition coefficient (Wildman–Crippen LogP) is 4.91. The average molecular weight is 542 g/mol. The highest BCUT2D eigenvalue weighted by atomic mass is 31.2. The molecule has 0 aliphatic rings. The summed E-state index contributed by atoms with van der Waals surface area (Å²) in [6, 6.07) is 21.7. The van der Waals surface area contributed by atoms with Crippen molar-refractivity contribution in [1.29, 1.82) is 0 Å². The lowest BCUT2D eigenvalue weighted by Gasteiger charge is -2.27. The third-order valence-corrected chi connectivity index (χ3v) is 7.23. The van der Waals surface area contributed by atoms with Gasteiger partial charge in [0.25, 0.3) is 5.69 Å². The molecule has 0 saturated carbocycles. The highest BCUT2D eigenvalue weighted by Gasteiger charge is 2.34. The zero-order valence-electron chi connectivity index (χ0n) is 20.6. The Morgan fingerprint density at radius 3 is 2.08 bits per heavy atom. The highest BCUT2D eigenvalue weighted by molar-refractivity contribution is 7.54. The van der Waals surface area contributed by atoms with Gasteiger partial charge in [0.1, 0.15) is 19.0 Å². The lowest BCUT2D eigenvalue weighted by atomic mass is 10.2. The molecule has 0 heterocycles. The number of hydrogen-bond donors (Lipinski definition) is 0. The summed E-state index contributed by atoms with van der Waals surface area (Å²) in [5, 5.41) is 11.7. The number of rotatable bonds is 15. The summed E-state index contributed by atoms with van der Waals surface area (Å²) in [5.41, 5.74) is 1.34. The van der Waals surface area contributed by atoms with E-state index in [2.05, 4.69) is 0 Å². The summed E-state index contributed by atoms with van der Waals surface area (Å²) >= 11 is 0. The second kappa shape index (κ2) is 14.0. The van der Waals surface area contributed by atoms with Crippen LogP contribution in [0.25, 0.3) is 0 Å². The van der Waals surface area contributed by atoms with Gasteiger partial charge in [-0.1, -0.05) is 60.7 Å². The monoisotopic (exact) mass is 542 g/mol. The van der Waals surface area contributed by atoms with Crippen LogP contribution in [0.2, 0.25) is 0 Å². The van der Waals surface area contributed by atoms with Crippen molar-refractivity contribution in [3.8, 4) is 5.75 Å². The first-order valence-electron chi connectivity index (χ1n) is 11.5. The summed E-state index contributed by atoms with van der Waals surface area (Å²) in [6.45, 7) is -0.0356. The molecule has 3 aromatic carbocycles. The standard InChI is InChI=1S/C26H27N2O9P/c1-34-38(33,37-24-14-12-23(13-15-24)28(31)32)17-16-25(26(30)35-18-21-8-4-2-5-9-21)27(20-29)36-19-22-10-6-3-7-11-22/h2-15,20,25H,16-19H2,1H3. The maximum Gasteiger partial charge on any atom is 0.379 e. The van der Waals surface area contributed by atoms with E-state index in [1.165, 1.54) is 31.4 Å². The van der Waals surface area contributed by atoms with Gasteiger partial charge in [0.15, 0.2) is 6.04 Å². The number of nitro groups is 1. The van der Waals surface area contributed by atoms with Crippen LogP contribution in [0.3, 0.4) is 0 Å². The van der Waals surface area contributed by atoms with Crippen LogP contribution in [0.5, 0.6) is 5.75 Å². The largest absolute Gasteiger partial charge is 0.459 e. The van der Waals surface area contributed by atoms with Gasteiger partial charge >= 0.3 is 13.6 Å². The molecule has 12 heteroatoms. The second-order valence-corrected chi connectivity index (χ2v) is 10.2. The number of hydroxylamine groups is 2. The average Bonchev–Trinajstić information content (AvgIpc) is 2.95. The molecule has 2 atom stereocenters. The zero-order valence-corrected chi connectivity index (χ0v) is 21.5. The summed E-state index contributed by atoms with van der Waals surface area (Å²) in [7, 11) is -2.66. The van der Waals surface area contributed by atoms with Crippen LogP contribution in [0.15, 0.2) is 84.9 Å². The normalized spacial score (nSPS) is 13.1. The van der Waals surface area contributed by atoms with Gasteiger partial charge in [-0.05, 0) is 29.7 Å². The van der Waals surface area contributed by atoms with Crippen molar-refractivity contribution in [1.82, 2.24) is 5.06 Å². The Hall–Kier alpha value is -4.05. The van der Waals surface area contributed by atoms with Crippen molar-refractivity contribution in [3.05, 3.63) is 106 Å². The van der Waals surface area contributed by atoms with Crippen molar-refractivity contribution >= 4 is 25.7 Å². The Bertz CT molecular complexity index is 1240. The number of nitro benzene ring substituents is 1. The van der Waals surface area contributed by atoms with Crippen molar-refractivity contribution in [2.24, 2.45) is 0 Å². The minimum Gasteiger partial charge on any atom is -0.459 e. The Balaban J connectivity index is 1.73. The van der Waals surface area contributed by atoms with Gasteiger partial charge in [0.05, 0.1) is 11.1 Å². The van der Waals surface area contributed by atoms with E-state index in [9.17, 15) is 24.3 Å². The SMILES string of the molecule is COP(=O)(CCC(C(=O)OCc1ccccc1)N(C=O)OCc1ccccc1)Oc1ccc([N+](=O)[O-])cc1. The van der Waals surface area contributed by atoms with E-state index in [1.807, 2.05) is 12.1 Å². The number of non-ortho nitro benzene ring substituents is 1. The van der Waals surface area contributed by atoms with Gasteiger partial charge in [0.2, 0.25) is 6.41 Å². The molecule has 11 nitrogen and oxygen atoms in total. The van der Waals surface area contributed by atoms with Gasteiger partial charge in [0, 0.05) is 19.2 Å². The number of amides is 1. The molecule has 0 aliphatic heterocycles. The van der Waals surface area contributed by atoms with Gasteiger partial charge in [-0.25, -0.2) is 14.4 Å². The summed E-state index contributed by atoms with van der Waals surface area (Å²) in [5.74, 6) is -0.691. The molecular weight excluding hydrogens is 515 g/mol. The molecule has 200 valence electrons. The third-order valence-electron chi connectivity index (χ3n) is 5.38. The fourth-order valence-corrected chi connectivity index (χ4v) is 4.69. The Labute approximate surface area is 219 Å². The van der Waals surface area contributed by atoms with Gasteiger partial charge in [-0.15, -0.1) is 0 Å². The first kappa shape index (κ1) is 28.5. The number of benzene rings is 3. The van der Waals surface area contributed by atoms with Crippen molar-refractivity contribution < 1.29 is 37.7 Å². The number of nitrogens with zero attached hydrogens (tertiary/aromatic N) is 2. The van der Waals surface area contributed by atoms with Crippen LogP contribution < -0.4 is 4.52 Å². The molecular formula is C26H27N2O9P. The van der Waals surface area contributed by atoms with E-state index < -0.39 is 24.5 Å². The maximum atomic E-state index is 13.3. The molecule has 0 radical (unpaired) electrons. The molecule has 0 spiro atoms. The minimum absolute atomic E-state index is 0.00325. The van der Waals surface area contributed by atoms with E-state index in [1.54, 1.807) is 48.5 Å². The number of esters is 1. The number of carbonyl (C=O) groups is 2. The molecule has 38 heavy (non-hydrogen) atoms. The Morgan fingerprint density at radius 2 is 1.55 bits per heavy atom. The molecule has 3 aromatic rings. The van der Waals surface area contributed by atoms with Crippen molar-refractivity contribution in [3.63, 3.8) is 0 Å². The van der Waals surface area contributed by atoms with Crippen LogP contribution in [0, 0.1) is 10.1 Å². The molecule has 0 saturated heterocycles. The van der Waals surface area contributed by atoms with Crippen LogP contribution >= 0.6 is 7.60 Å². The van der Waals surface area contributed by atoms with Gasteiger partial charge in [-0.2, -0.15) is 0 Å². The fraction of sp³-hybridized carbons (Fsp3) is 0.231. The van der Waals surface area contributed by atoms with E-state index >= 15 is 0 Å². The van der Waals surface area contributed by atoms with Crippen LogP contribution in [-0.2, 0) is 41.5 Å². The molecule has 2 unspecified atom stereocenters. The first-order chi connectivity index (χ1) is 18.3. The Morgan fingerprint density at radius 1 is 0.974 bits per heavy atom. The Kier molecular flexibility index (Phi) is 10.5. The summed E-state index contributed by atoms with van der Waals surface area (Å²) < 4.78 is 29.3. The molecule has 0 aliphatic carbocycles. The third kappa shape index (κ3) is 8.52. The fourth-order valence-electron chi connectivity index (χ4n) is 3.33. The zero-order chi connectivity index (χ0) is 27.4. The lowest BCUT2D eigenvalue weighted by molar-refractivity contribution is -0.384. The van der Waals surface area contributed by atoms with Crippen LogP contribution in [0.4, 0.5) is 5.69 Å². The molecule has 1 amide bonds. The predicted molar refractivity (Wildman–Crippen MR) is 137 cm³/mol. The highest BCUT2D eigenvalue weighted by Crippen LogP contribution is 2.48. The second-order valence-electron chi connectivity index (χ2n) is 7.98. The molecule has 0 aromatic heterocycles. The van der Waals surface area contributed by atoms with E-state index in [4.69, 9.17) is 18.6 Å².